The van der Waals surface area contributed by atoms with Gasteiger partial charge in [-0.3, -0.25) is 4.79 Å². The molecular formula is C23H23NO4. The number of esters is 2. The fourth-order valence-electron chi connectivity index (χ4n) is 2.64. The summed E-state index contributed by atoms with van der Waals surface area (Å²) in [5.74, 6) is -0.0232. The van der Waals surface area contributed by atoms with Crippen molar-refractivity contribution >= 4 is 23.9 Å². The highest BCUT2D eigenvalue weighted by Gasteiger charge is 2.24. The van der Waals surface area contributed by atoms with Gasteiger partial charge in [-0.2, -0.15) is 0 Å². The summed E-state index contributed by atoms with van der Waals surface area (Å²) >= 11 is 0. The van der Waals surface area contributed by atoms with Gasteiger partial charge in [0, 0.05) is 12.0 Å². The van der Waals surface area contributed by atoms with E-state index in [9.17, 15) is 9.59 Å². The molecule has 144 valence electrons. The van der Waals surface area contributed by atoms with Gasteiger partial charge in [-0.15, -0.1) is 0 Å². The van der Waals surface area contributed by atoms with Crippen LogP contribution in [0, 0.1) is 0 Å². The molecule has 5 heteroatoms. The predicted molar refractivity (Wildman–Crippen MR) is 108 cm³/mol. The number of carbonyl (C=O) groups excluding carboxylic acids is 2. The van der Waals surface area contributed by atoms with E-state index in [1.165, 1.54) is 5.56 Å². The highest BCUT2D eigenvalue weighted by molar-refractivity contribution is 6.12. The van der Waals surface area contributed by atoms with Crippen molar-refractivity contribution in [2.24, 2.45) is 4.99 Å². The van der Waals surface area contributed by atoms with E-state index in [1.807, 2.05) is 24.3 Å². The molecule has 0 aromatic heterocycles. The molecule has 0 unspecified atom stereocenters. The minimum absolute atomic E-state index is 0.0510. The highest BCUT2D eigenvalue weighted by Crippen LogP contribution is 2.24. The lowest BCUT2D eigenvalue weighted by Crippen LogP contribution is -2.11. The molecule has 0 fully saturated rings. The standard InChI is InChI=1S/C23H23NO4/c1-5-20(25)27-18-12-6-15(7-13-18)14-19-22(26)28-21(24-19)16-8-10-17(11-9-16)23(2,3)4/h6-14H,5H2,1-4H3/b19-14+. The van der Waals surface area contributed by atoms with E-state index in [0.717, 1.165) is 11.1 Å². The van der Waals surface area contributed by atoms with Crippen molar-refractivity contribution in [2.45, 2.75) is 39.5 Å². The maximum Gasteiger partial charge on any atom is 0.363 e. The van der Waals surface area contributed by atoms with Crippen LogP contribution in [0.3, 0.4) is 0 Å². The van der Waals surface area contributed by atoms with Crippen LogP contribution >= 0.6 is 0 Å². The summed E-state index contributed by atoms with van der Waals surface area (Å²) in [7, 11) is 0. The third-order valence-electron chi connectivity index (χ3n) is 4.32. The van der Waals surface area contributed by atoms with Gasteiger partial charge in [0.15, 0.2) is 5.70 Å². The van der Waals surface area contributed by atoms with Crippen LogP contribution in [0.15, 0.2) is 59.2 Å². The van der Waals surface area contributed by atoms with Crippen molar-refractivity contribution < 1.29 is 19.1 Å². The quantitative estimate of drug-likeness (QED) is 0.442. The molecule has 5 nitrogen and oxygen atoms in total. The second kappa shape index (κ2) is 7.80. The number of nitrogens with zero attached hydrogens (tertiary/aromatic N) is 1. The Morgan fingerprint density at radius 3 is 2.29 bits per heavy atom. The maximum absolute atomic E-state index is 12.2. The van der Waals surface area contributed by atoms with Gasteiger partial charge in [0.25, 0.3) is 0 Å². The first-order valence-corrected chi connectivity index (χ1v) is 9.20. The Labute approximate surface area is 164 Å². The highest BCUT2D eigenvalue weighted by atomic mass is 16.6. The topological polar surface area (TPSA) is 65.0 Å². The van der Waals surface area contributed by atoms with Crippen molar-refractivity contribution in [1.29, 1.82) is 0 Å². The van der Waals surface area contributed by atoms with Gasteiger partial charge in [0.2, 0.25) is 5.90 Å². The number of ether oxygens (including phenoxy) is 2. The SMILES string of the molecule is CCC(=O)Oc1ccc(/C=C2/N=C(c3ccc(C(C)(C)C)cc3)OC2=O)cc1. The third-order valence-corrected chi connectivity index (χ3v) is 4.32. The minimum atomic E-state index is -0.489. The molecule has 0 atom stereocenters. The smallest absolute Gasteiger partial charge is 0.363 e. The maximum atomic E-state index is 12.2. The van der Waals surface area contributed by atoms with Gasteiger partial charge >= 0.3 is 11.9 Å². The summed E-state index contributed by atoms with van der Waals surface area (Å²) in [5, 5.41) is 0. The molecule has 1 aliphatic heterocycles. The molecule has 0 spiro atoms. The molecule has 0 saturated heterocycles. The number of cyclic esters (lactones) is 1. The first-order valence-electron chi connectivity index (χ1n) is 9.20. The van der Waals surface area contributed by atoms with Crippen LogP contribution in [-0.2, 0) is 19.7 Å². The summed E-state index contributed by atoms with van der Waals surface area (Å²) < 4.78 is 10.5. The predicted octanol–water partition coefficient (Wildman–Crippen LogP) is 4.64. The van der Waals surface area contributed by atoms with Gasteiger partial charge in [0.1, 0.15) is 5.75 Å². The van der Waals surface area contributed by atoms with Gasteiger partial charge in [-0.05, 0) is 46.9 Å². The fourth-order valence-corrected chi connectivity index (χ4v) is 2.64. The van der Waals surface area contributed by atoms with E-state index >= 15 is 0 Å². The zero-order valence-electron chi connectivity index (χ0n) is 16.5. The Kier molecular flexibility index (Phi) is 5.45. The van der Waals surface area contributed by atoms with Crippen molar-refractivity contribution in [1.82, 2.24) is 0 Å². The molecule has 3 rings (SSSR count). The number of hydrogen-bond donors (Lipinski definition) is 0. The summed E-state index contributed by atoms with van der Waals surface area (Å²) in [6.07, 6.45) is 1.95. The lowest BCUT2D eigenvalue weighted by atomic mass is 9.87. The second-order valence-electron chi connectivity index (χ2n) is 7.56. The summed E-state index contributed by atoms with van der Waals surface area (Å²) in [6.45, 7) is 8.17. The van der Waals surface area contributed by atoms with Crippen LogP contribution in [0.2, 0.25) is 0 Å². The molecule has 0 saturated carbocycles. The molecule has 2 aromatic carbocycles. The molecule has 0 aliphatic carbocycles. The van der Waals surface area contributed by atoms with Gasteiger partial charge in [-0.1, -0.05) is 52.0 Å². The number of rotatable bonds is 4. The minimum Gasteiger partial charge on any atom is -0.427 e. The van der Waals surface area contributed by atoms with E-state index in [4.69, 9.17) is 9.47 Å². The fraction of sp³-hybridized carbons (Fsp3) is 0.261. The van der Waals surface area contributed by atoms with E-state index in [0.29, 0.717) is 18.1 Å². The van der Waals surface area contributed by atoms with Crippen LogP contribution in [0.25, 0.3) is 6.08 Å². The number of hydrogen-bond acceptors (Lipinski definition) is 5. The van der Waals surface area contributed by atoms with Crippen LogP contribution in [-0.4, -0.2) is 17.8 Å². The first-order chi connectivity index (χ1) is 13.3. The average Bonchev–Trinajstić information content (AvgIpc) is 3.03. The van der Waals surface area contributed by atoms with E-state index in [-0.39, 0.29) is 17.1 Å². The molecule has 2 aromatic rings. The Balaban J connectivity index is 1.78. The summed E-state index contributed by atoms with van der Waals surface area (Å²) in [4.78, 5) is 27.8. The molecule has 28 heavy (non-hydrogen) atoms. The van der Waals surface area contributed by atoms with E-state index in [1.54, 1.807) is 37.3 Å². The Morgan fingerprint density at radius 2 is 1.71 bits per heavy atom. The summed E-state index contributed by atoms with van der Waals surface area (Å²) in [6, 6.07) is 14.7. The number of aliphatic imine (C=N–C) groups is 1. The van der Waals surface area contributed by atoms with Crippen molar-refractivity contribution in [2.75, 3.05) is 0 Å². The largest absolute Gasteiger partial charge is 0.427 e. The van der Waals surface area contributed by atoms with E-state index < -0.39 is 5.97 Å². The molecule has 1 aliphatic rings. The van der Waals surface area contributed by atoms with E-state index in [2.05, 4.69) is 25.8 Å². The van der Waals surface area contributed by atoms with Gasteiger partial charge in [0.05, 0.1) is 0 Å². The molecular weight excluding hydrogens is 354 g/mol. The van der Waals surface area contributed by atoms with Crippen molar-refractivity contribution in [3.8, 4) is 5.75 Å². The van der Waals surface area contributed by atoms with Crippen molar-refractivity contribution in [3.63, 3.8) is 0 Å². The molecule has 1 heterocycles. The summed E-state index contributed by atoms with van der Waals surface area (Å²) in [5.41, 5.74) is 2.99. The number of benzene rings is 2. The molecule has 0 amide bonds. The van der Waals surface area contributed by atoms with Crippen LogP contribution < -0.4 is 4.74 Å². The Bertz CT molecular complexity index is 946. The zero-order chi connectivity index (χ0) is 20.3. The normalized spacial score (nSPS) is 15.4. The average molecular weight is 377 g/mol. The molecule has 0 N–H and O–H groups in total. The lowest BCUT2D eigenvalue weighted by Gasteiger charge is -2.18. The van der Waals surface area contributed by atoms with Crippen LogP contribution in [0.1, 0.15) is 50.8 Å². The van der Waals surface area contributed by atoms with Gasteiger partial charge < -0.3 is 9.47 Å². The zero-order valence-corrected chi connectivity index (χ0v) is 16.5. The van der Waals surface area contributed by atoms with Gasteiger partial charge in [-0.25, -0.2) is 9.79 Å². The Morgan fingerprint density at radius 1 is 1.07 bits per heavy atom. The van der Waals surface area contributed by atoms with Crippen LogP contribution in [0.5, 0.6) is 5.75 Å². The lowest BCUT2D eigenvalue weighted by molar-refractivity contribution is -0.134. The Hall–Kier alpha value is -3.21. The van der Waals surface area contributed by atoms with Crippen LogP contribution in [0.4, 0.5) is 0 Å². The molecule has 0 radical (unpaired) electrons. The second-order valence-corrected chi connectivity index (χ2v) is 7.56. The van der Waals surface area contributed by atoms with Crippen molar-refractivity contribution in [3.05, 3.63) is 70.9 Å². The third kappa shape index (κ3) is 4.55. The number of carbonyl (C=O) groups is 2. The molecule has 0 bridgehead atoms. The monoisotopic (exact) mass is 377 g/mol. The first kappa shape index (κ1) is 19.5.